The van der Waals surface area contributed by atoms with E-state index in [-0.39, 0.29) is 10.8 Å². The Balaban J connectivity index is 1.56. The molecule has 0 bridgehead atoms. The summed E-state index contributed by atoms with van der Waals surface area (Å²) < 4.78 is 32.7. The fourth-order valence-corrected chi connectivity index (χ4v) is 4.96. The molecule has 1 heterocycles. The summed E-state index contributed by atoms with van der Waals surface area (Å²) in [6.07, 6.45) is 1.75. The number of nitrogens with one attached hydrogen (secondary N) is 1. The van der Waals surface area contributed by atoms with Crippen LogP contribution in [0.5, 0.6) is 0 Å². The lowest BCUT2D eigenvalue weighted by atomic mass is 10.1. The number of amides is 1. The predicted octanol–water partition coefficient (Wildman–Crippen LogP) is 2.73. The van der Waals surface area contributed by atoms with Gasteiger partial charge in [-0.25, -0.2) is 8.42 Å². The lowest BCUT2D eigenvalue weighted by Crippen LogP contribution is -2.30. The Morgan fingerprint density at radius 3 is 2.54 bits per heavy atom. The van der Waals surface area contributed by atoms with E-state index in [4.69, 9.17) is 4.74 Å². The molecule has 1 fully saturated rings. The second-order valence-electron chi connectivity index (χ2n) is 6.89. The van der Waals surface area contributed by atoms with E-state index in [1.807, 2.05) is 30.3 Å². The summed E-state index contributed by atoms with van der Waals surface area (Å²) >= 11 is 0. The minimum absolute atomic E-state index is 0.211. The first-order valence-corrected chi connectivity index (χ1v) is 10.9. The van der Waals surface area contributed by atoms with Gasteiger partial charge in [0.2, 0.25) is 10.0 Å². The number of aryl methyl sites for hydroxylation is 1. The first kappa shape index (κ1) is 20.5. The average Bonchev–Trinajstić information content (AvgIpc) is 3.24. The van der Waals surface area contributed by atoms with E-state index in [0.717, 1.165) is 18.4 Å². The molecule has 7 heteroatoms. The minimum Gasteiger partial charge on any atom is -0.375 e. The van der Waals surface area contributed by atoms with Crippen LogP contribution in [-0.2, 0) is 21.4 Å². The largest absolute Gasteiger partial charge is 0.375 e. The van der Waals surface area contributed by atoms with E-state index < -0.39 is 10.0 Å². The smallest absolute Gasteiger partial charge is 0.251 e. The number of hydrogen-bond donors (Lipinski definition) is 1. The Hall–Kier alpha value is -2.22. The van der Waals surface area contributed by atoms with E-state index in [1.54, 1.807) is 19.1 Å². The molecule has 0 saturated carbocycles. The van der Waals surface area contributed by atoms with Crippen molar-refractivity contribution >= 4 is 15.9 Å². The Labute approximate surface area is 166 Å². The number of carbonyl (C=O) groups is 1. The van der Waals surface area contributed by atoms with Crippen molar-refractivity contribution in [1.29, 1.82) is 0 Å². The number of benzene rings is 2. The van der Waals surface area contributed by atoms with Gasteiger partial charge in [-0.3, -0.25) is 4.79 Å². The van der Waals surface area contributed by atoms with Gasteiger partial charge in [-0.05, 0) is 43.0 Å². The van der Waals surface area contributed by atoms with Crippen LogP contribution in [0.3, 0.4) is 0 Å². The van der Waals surface area contributed by atoms with Crippen LogP contribution >= 0.6 is 0 Å². The van der Waals surface area contributed by atoms with Crippen LogP contribution in [0.25, 0.3) is 0 Å². The third-order valence-electron chi connectivity index (χ3n) is 4.78. The van der Waals surface area contributed by atoms with Crippen LogP contribution in [0.2, 0.25) is 0 Å². The van der Waals surface area contributed by atoms with Crippen LogP contribution in [0, 0.1) is 6.92 Å². The van der Waals surface area contributed by atoms with Gasteiger partial charge in [-0.1, -0.05) is 36.4 Å². The molecule has 150 valence electrons. The molecule has 1 amide bonds. The highest BCUT2D eigenvalue weighted by Crippen LogP contribution is 2.24. The van der Waals surface area contributed by atoms with E-state index in [1.165, 1.54) is 10.4 Å². The van der Waals surface area contributed by atoms with Gasteiger partial charge in [-0.2, -0.15) is 4.31 Å². The molecule has 2 aromatic rings. The molecule has 1 saturated heterocycles. The van der Waals surface area contributed by atoms with E-state index in [9.17, 15) is 13.2 Å². The second kappa shape index (κ2) is 9.32. The molecular weight excluding hydrogens is 376 g/mol. The molecule has 0 atom stereocenters. The fraction of sp³-hybridized carbons (Fsp3) is 0.381. The molecule has 0 radical (unpaired) electrons. The highest BCUT2D eigenvalue weighted by atomic mass is 32.2. The number of rotatable bonds is 8. The van der Waals surface area contributed by atoms with Crippen LogP contribution in [0.15, 0.2) is 53.4 Å². The molecule has 2 aromatic carbocycles. The maximum absolute atomic E-state index is 12.8. The Morgan fingerprint density at radius 2 is 1.82 bits per heavy atom. The monoisotopic (exact) mass is 402 g/mol. The maximum atomic E-state index is 12.8. The van der Waals surface area contributed by atoms with E-state index in [0.29, 0.717) is 44.0 Å². The van der Waals surface area contributed by atoms with Gasteiger partial charge < -0.3 is 10.1 Å². The van der Waals surface area contributed by atoms with Crippen molar-refractivity contribution < 1.29 is 17.9 Å². The van der Waals surface area contributed by atoms with Crippen molar-refractivity contribution in [2.24, 2.45) is 0 Å². The first-order valence-electron chi connectivity index (χ1n) is 9.49. The SMILES string of the molecule is Cc1ccc(C(=O)NCCOCc2ccccc2)cc1S(=O)(=O)N1CCCC1. The zero-order valence-corrected chi connectivity index (χ0v) is 16.9. The van der Waals surface area contributed by atoms with Gasteiger partial charge in [0.15, 0.2) is 0 Å². The number of carbonyl (C=O) groups excluding carboxylic acids is 1. The number of ether oxygens (including phenoxy) is 1. The van der Waals surface area contributed by atoms with Gasteiger partial charge in [0.1, 0.15) is 0 Å². The summed E-state index contributed by atoms with van der Waals surface area (Å²) in [6.45, 7) is 4.05. The van der Waals surface area contributed by atoms with Crippen LogP contribution < -0.4 is 5.32 Å². The van der Waals surface area contributed by atoms with E-state index >= 15 is 0 Å². The lowest BCUT2D eigenvalue weighted by molar-refractivity contribution is 0.0900. The molecule has 1 aliphatic rings. The van der Waals surface area contributed by atoms with Crippen LogP contribution in [0.4, 0.5) is 0 Å². The van der Waals surface area contributed by atoms with Crippen molar-refractivity contribution in [3.05, 3.63) is 65.2 Å². The molecule has 3 rings (SSSR count). The third-order valence-corrected chi connectivity index (χ3v) is 6.82. The van der Waals surface area contributed by atoms with Crippen molar-refractivity contribution in [2.45, 2.75) is 31.3 Å². The highest BCUT2D eigenvalue weighted by molar-refractivity contribution is 7.89. The van der Waals surface area contributed by atoms with Gasteiger partial charge in [0, 0.05) is 25.2 Å². The number of hydrogen-bond acceptors (Lipinski definition) is 4. The standard InChI is InChI=1S/C21H26N2O4S/c1-17-9-10-19(15-20(17)28(25,26)23-12-5-6-13-23)21(24)22-11-14-27-16-18-7-3-2-4-8-18/h2-4,7-10,15H,5-6,11-14,16H2,1H3,(H,22,24). The highest BCUT2D eigenvalue weighted by Gasteiger charge is 2.29. The van der Waals surface area contributed by atoms with Crippen molar-refractivity contribution in [1.82, 2.24) is 9.62 Å². The quantitative estimate of drug-likeness (QED) is 0.689. The topological polar surface area (TPSA) is 75.7 Å². The molecule has 0 aromatic heterocycles. The molecule has 0 aliphatic carbocycles. The normalized spacial score (nSPS) is 14.9. The third kappa shape index (κ3) is 4.98. The molecule has 1 aliphatic heterocycles. The molecule has 0 unspecified atom stereocenters. The second-order valence-corrected chi connectivity index (χ2v) is 8.79. The van der Waals surface area contributed by atoms with Crippen molar-refractivity contribution in [3.63, 3.8) is 0 Å². The summed E-state index contributed by atoms with van der Waals surface area (Å²) in [4.78, 5) is 12.6. The fourth-order valence-electron chi connectivity index (χ4n) is 3.19. The Bertz CT molecular complexity index is 907. The predicted molar refractivity (Wildman–Crippen MR) is 108 cm³/mol. The zero-order valence-electron chi connectivity index (χ0n) is 16.1. The Morgan fingerprint density at radius 1 is 1.11 bits per heavy atom. The van der Waals surface area contributed by atoms with Crippen molar-refractivity contribution in [2.75, 3.05) is 26.2 Å². The first-order chi connectivity index (χ1) is 13.5. The summed E-state index contributed by atoms with van der Waals surface area (Å²) in [5.74, 6) is -0.304. The molecule has 1 N–H and O–H groups in total. The number of nitrogens with zero attached hydrogens (tertiary/aromatic N) is 1. The van der Waals surface area contributed by atoms with E-state index in [2.05, 4.69) is 5.32 Å². The van der Waals surface area contributed by atoms with Crippen molar-refractivity contribution in [3.8, 4) is 0 Å². The summed E-state index contributed by atoms with van der Waals surface area (Å²) in [5.41, 5.74) is 2.06. The Kier molecular flexibility index (Phi) is 6.83. The summed E-state index contributed by atoms with van der Waals surface area (Å²) in [6, 6.07) is 14.6. The molecule has 28 heavy (non-hydrogen) atoms. The van der Waals surface area contributed by atoms with Crippen LogP contribution in [0.1, 0.15) is 34.3 Å². The summed E-state index contributed by atoms with van der Waals surface area (Å²) in [5, 5.41) is 2.78. The maximum Gasteiger partial charge on any atom is 0.251 e. The minimum atomic E-state index is -3.56. The zero-order chi connectivity index (χ0) is 20.0. The number of sulfonamides is 1. The van der Waals surface area contributed by atoms with Gasteiger partial charge in [-0.15, -0.1) is 0 Å². The van der Waals surface area contributed by atoms with Gasteiger partial charge in [0.25, 0.3) is 5.91 Å². The lowest BCUT2D eigenvalue weighted by Gasteiger charge is -2.17. The van der Waals surface area contributed by atoms with Crippen LogP contribution in [-0.4, -0.2) is 44.9 Å². The van der Waals surface area contributed by atoms with Gasteiger partial charge >= 0.3 is 0 Å². The molecule has 0 spiro atoms. The molecule has 6 nitrogen and oxygen atoms in total. The molecular formula is C21H26N2O4S. The average molecular weight is 403 g/mol. The van der Waals surface area contributed by atoms with Gasteiger partial charge in [0.05, 0.1) is 18.1 Å². The summed E-state index contributed by atoms with van der Waals surface area (Å²) in [7, 11) is -3.56.